The van der Waals surface area contributed by atoms with Crippen LogP contribution in [0.3, 0.4) is 0 Å². The highest BCUT2D eigenvalue weighted by Gasteiger charge is 2.45. The lowest BCUT2D eigenvalue weighted by atomic mass is 9.95. The molecule has 0 saturated carbocycles. The van der Waals surface area contributed by atoms with Gasteiger partial charge in [0.2, 0.25) is 0 Å². The normalized spacial score (nSPS) is 20.6. The second kappa shape index (κ2) is 10.1. The molecule has 0 radical (unpaired) electrons. The fraction of sp³-hybridized carbons (Fsp3) is 0.333. The average Bonchev–Trinajstić information content (AvgIpc) is 3.10. The standard InChI is InChI=1S/C24H24FN3O6/c25-18-6-2-17(3-7-18)22(29)20-21(16-4-8-19(9-5-16)28(32)33)27(24(31)23(20)30)11-1-10-26-12-14-34-15-13-26/h2-9,21,29H,1,10-15H2/b22-20+/t21-/m0/s1. The molecule has 10 heteroatoms. The summed E-state index contributed by atoms with van der Waals surface area (Å²) in [5.74, 6) is -2.53. The number of nitro groups is 1. The number of carbonyl (C=O) groups is 2. The molecule has 2 aliphatic heterocycles. The highest BCUT2D eigenvalue weighted by molar-refractivity contribution is 6.46. The van der Waals surface area contributed by atoms with E-state index < -0.39 is 34.2 Å². The van der Waals surface area contributed by atoms with Gasteiger partial charge in [0.1, 0.15) is 11.6 Å². The summed E-state index contributed by atoms with van der Waals surface area (Å²) in [6, 6.07) is 9.55. The Hall–Kier alpha value is -3.63. The zero-order valence-corrected chi connectivity index (χ0v) is 18.4. The summed E-state index contributed by atoms with van der Waals surface area (Å²) in [5, 5.41) is 22.0. The monoisotopic (exact) mass is 469 g/mol. The number of Topliss-reactive ketones (excluding diaryl/α,β-unsaturated/α-hetero) is 1. The van der Waals surface area contributed by atoms with Crippen molar-refractivity contribution >= 4 is 23.1 Å². The van der Waals surface area contributed by atoms with Gasteiger partial charge in [-0.15, -0.1) is 0 Å². The Balaban J connectivity index is 1.68. The molecule has 2 aliphatic rings. The van der Waals surface area contributed by atoms with Crippen LogP contribution in [0.5, 0.6) is 0 Å². The van der Waals surface area contributed by atoms with Gasteiger partial charge < -0.3 is 14.7 Å². The van der Waals surface area contributed by atoms with Gasteiger partial charge in [0, 0.05) is 43.9 Å². The van der Waals surface area contributed by atoms with Gasteiger partial charge in [-0.1, -0.05) is 0 Å². The molecule has 1 atom stereocenters. The molecule has 0 aliphatic carbocycles. The number of benzene rings is 2. The van der Waals surface area contributed by atoms with Crippen molar-refractivity contribution in [2.24, 2.45) is 0 Å². The van der Waals surface area contributed by atoms with Crippen molar-refractivity contribution in [3.05, 3.63) is 81.2 Å². The van der Waals surface area contributed by atoms with E-state index in [1.54, 1.807) is 0 Å². The van der Waals surface area contributed by atoms with Gasteiger partial charge in [0.05, 0.1) is 29.8 Å². The average molecular weight is 469 g/mol. The largest absolute Gasteiger partial charge is 0.507 e. The first-order valence-electron chi connectivity index (χ1n) is 11.0. The number of hydrogen-bond acceptors (Lipinski definition) is 7. The van der Waals surface area contributed by atoms with Crippen molar-refractivity contribution in [2.75, 3.05) is 39.4 Å². The number of ether oxygens (including phenoxy) is 1. The van der Waals surface area contributed by atoms with E-state index in [0.717, 1.165) is 25.2 Å². The van der Waals surface area contributed by atoms with E-state index in [9.17, 15) is 29.2 Å². The summed E-state index contributed by atoms with van der Waals surface area (Å²) in [5.41, 5.74) is 0.392. The molecular formula is C24H24FN3O6. The van der Waals surface area contributed by atoms with E-state index in [1.807, 2.05) is 0 Å². The number of hydrogen-bond donors (Lipinski definition) is 1. The molecule has 2 fully saturated rings. The van der Waals surface area contributed by atoms with Crippen LogP contribution >= 0.6 is 0 Å². The first-order chi connectivity index (χ1) is 16.4. The van der Waals surface area contributed by atoms with E-state index in [4.69, 9.17) is 4.74 Å². The minimum absolute atomic E-state index is 0.128. The van der Waals surface area contributed by atoms with E-state index >= 15 is 0 Å². The molecule has 178 valence electrons. The van der Waals surface area contributed by atoms with Crippen LogP contribution in [0.15, 0.2) is 54.1 Å². The Kier molecular flexibility index (Phi) is 6.99. The topological polar surface area (TPSA) is 113 Å². The van der Waals surface area contributed by atoms with E-state index in [1.165, 1.54) is 41.3 Å². The molecule has 0 aromatic heterocycles. The summed E-state index contributed by atoms with van der Waals surface area (Å²) in [6.45, 7) is 3.82. The third-order valence-electron chi connectivity index (χ3n) is 6.05. The van der Waals surface area contributed by atoms with Gasteiger partial charge in [-0.3, -0.25) is 24.6 Å². The maximum atomic E-state index is 13.4. The quantitative estimate of drug-likeness (QED) is 0.218. The van der Waals surface area contributed by atoms with E-state index in [0.29, 0.717) is 31.7 Å². The predicted molar refractivity (Wildman–Crippen MR) is 120 cm³/mol. The smallest absolute Gasteiger partial charge is 0.295 e. The number of aliphatic hydroxyl groups is 1. The molecule has 2 aromatic carbocycles. The van der Waals surface area contributed by atoms with Crippen molar-refractivity contribution in [3.8, 4) is 0 Å². The number of ketones is 1. The highest BCUT2D eigenvalue weighted by Crippen LogP contribution is 2.39. The number of aliphatic hydroxyl groups excluding tert-OH is 1. The van der Waals surface area contributed by atoms with Crippen molar-refractivity contribution < 1.29 is 28.7 Å². The second-order valence-electron chi connectivity index (χ2n) is 8.16. The van der Waals surface area contributed by atoms with E-state index in [-0.39, 0.29) is 23.4 Å². The van der Waals surface area contributed by atoms with Gasteiger partial charge in [0.15, 0.2) is 0 Å². The van der Waals surface area contributed by atoms with Gasteiger partial charge in [-0.25, -0.2) is 4.39 Å². The fourth-order valence-corrected chi connectivity index (χ4v) is 4.29. The number of halogens is 1. The molecule has 1 N–H and O–H groups in total. The van der Waals surface area contributed by atoms with Gasteiger partial charge in [-0.05, 0) is 48.4 Å². The molecule has 0 bridgehead atoms. The number of non-ortho nitro benzene ring substituents is 1. The zero-order chi connectivity index (χ0) is 24.2. The Morgan fingerprint density at radius 3 is 2.32 bits per heavy atom. The number of amides is 1. The number of nitro benzene ring substituents is 1. The van der Waals surface area contributed by atoms with Crippen molar-refractivity contribution in [3.63, 3.8) is 0 Å². The van der Waals surface area contributed by atoms with Crippen LogP contribution in [0.2, 0.25) is 0 Å². The van der Waals surface area contributed by atoms with E-state index in [2.05, 4.69) is 4.90 Å². The molecule has 2 saturated heterocycles. The van der Waals surface area contributed by atoms with Crippen LogP contribution in [0.25, 0.3) is 5.76 Å². The van der Waals surface area contributed by atoms with Gasteiger partial charge >= 0.3 is 0 Å². The van der Waals surface area contributed by atoms with Crippen LogP contribution in [0.1, 0.15) is 23.6 Å². The minimum atomic E-state index is -0.921. The lowest BCUT2D eigenvalue weighted by Crippen LogP contribution is -2.38. The van der Waals surface area contributed by atoms with Gasteiger partial charge in [0.25, 0.3) is 17.4 Å². The van der Waals surface area contributed by atoms with Crippen LogP contribution in [0.4, 0.5) is 10.1 Å². The third-order valence-corrected chi connectivity index (χ3v) is 6.05. The van der Waals surface area contributed by atoms with Crippen molar-refractivity contribution in [1.29, 1.82) is 0 Å². The Morgan fingerprint density at radius 2 is 1.71 bits per heavy atom. The molecule has 4 rings (SSSR count). The van der Waals surface area contributed by atoms with Crippen LogP contribution in [-0.4, -0.2) is 70.9 Å². The molecule has 2 heterocycles. The third kappa shape index (κ3) is 4.82. The van der Waals surface area contributed by atoms with Crippen LogP contribution in [0, 0.1) is 15.9 Å². The number of nitrogens with zero attached hydrogens (tertiary/aromatic N) is 3. The first kappa shape index (κ1) is 23.5. The number of rotatable bonds is 7. The summed E-state index contributed by atoms with van der Waals surface area (Å²) < 4.78 is 18.7. The fourth-order valence-electron chi connectivity index (χ4n) is 4.29. The van der Waals surface area contributed by atoms with Gasteiger partial charge in [-0.2, -0.15) is 0 Å². The zero-order valence-electron chi connectivity index (χ0n) is 18.4. The molecule has 0 spiro atoms. The maximum absolute atomic E-state index is 13.4. The SMILES string of the molecule is O=C1C(=O)N(CCCN2CCOCC2)[C@@H](c2ccc([N+](=O)[O-])cc2)/C1=C(\O)c1ccc(F)cc1. The van der Waals surface area contributed by atoms with Crippen molar-refractivity contribution in [2.45, 2.75) is 12.5 Å². The van der Waals surface area contributed by atoms with Crippen molar-refractivity contribution in [1.82, 2.24) is 9.80 Å². The Labute approximate surface area is 195 Å². The second-order valence-corrected chi connectivity index (χ2v) is 8.16. The lowest BCUT2D eigenvalue weighted by Gasteiger charge is -2.29. The summed E-state index contributed by atoms with van der Waals surface area (Å²) in [6.07, 6.45) is 0.590. The number of likely N-dealkylation sites (tertiary alicyclic amines) is 1. The number of carbonyl (C=O) groups excluding carboxylic acids is 2. The Bertz CT molecular complexity index is 1110. The summed E-state index contributed by atoms with van der Waals surface area (Å²) in [4.78, 5) is 40.1. The molecule has 2 aromatic rings. The minimum Gasteiger partial charge on any atom is -0.507 e. The molecule has 1 amide bonds. The molecule has 9 nitrogen and oxygen atoms in total. The van der Waals surface area contributed by atoms with Crippen LogP contribution in [-0.2, 0) is 14.3 Å². The Morgan fingerprint density at radius 1 is 1.06 bits per heavy atom. The molecule has 34 heavy (non-hydrogen) atoms. The number of morpholine rings is 1. The maximum Gasteiger partial charge on any atom is 0.295 e. The van der Waals surface area contributed by atoms with Crippen LogP contribution < -0.4 is 0 Å². The molecule has 0 unspecified atom stereocenters. The first-order valence-corrected chi connectivity index (χ1v) is 11.0. The summed E-state index contributed by atoms with van der Waals surface area (Å²) >= 11 is 0. The lowest BCUT2D eigenvalue weighted by molar-refractivity contribution is -0.384. The summed E-state index contributed by atoms with van der Waals surface area (Å²) in [7, 11) is 0. The highest BCUT2D eigenvalue weighted by atomic mass is 19.1. The predicted octanol–water partition coefficient (Wildman–Crippen LogP) is 2.88. The molecular weight excluding hydrogens is 445 g/mol.